The van der Waals surface area contributed by atoms with Gasteiger partial charge >= 0.3 is 0 Å². The van der Waals surface area contributed by atoms with Crippen LogP contribution in [0.15, 0.2) is 41.7 Å². The predicted molar refractivity (Wildman–Crippen MR) is 92.6 cm³/mol. The van der Waals surface area contributed by atoms with E-state index in [1.165, 1.54) is 6.20 Å². The van der Waals surface area contributed by atoms with Crippen molar-refractivity contribution in [3.05, 3.63) is 47.3 Å². The zero-order valence-corrected chi connectivity index (χ0v) is 14.4. The maximum absolute atomic E-state index is 12.3. The zero-order chi connectivity index (χ0) is 17.4. The van der Waals surface area contributed by atoms with Crippen LogP contribution in [0.25, 0.3) is 11.3 Å². The summed E-state index contributed by atoms with van der Waals surface area (Å²) in [5.41, 5.74) is 0.0809. The van der Waals surface area contributed by atoms with Crippen molar-refractivity contribution in [2.45, 2.75) is 32.4 Å². The van der Waals surface area contributed by atoms with Gasteiger partial charge in [0.15, 0.2) is 0 Å². The van der Waals surface area contributed by atoms with E-state index in [4.69, 9.17) is 0 Å². The van der Waals surface area contributed by atoms with Crippen molar-refractivity contribution in [1.82, 2.24) is 19.4 Å². The Morgan fingerprint density at radius 1 is 1.33 bits per heavy atom. The second kappa shape index (κ2) is 6.11. The molecule has 0 spiro atoms. The molecule has 2 aromatic rings. The van der Waals surface area contributed by atoms with Gasteiger partial charge in [-0.05, 0) is 25.6 Å². The van der Waals surface area contributed by atoms with Crippen molar-refractivity contribution in [3.63, 3.8) is 0 Å². The largest absolute Gasteiger partial charge is 0.387 e. The first-order valence-electron chi connectivity index (χ1n) is 8.19. The molecule has 24 heavy (non-hydrogen) atoms. The Hall–Kier alpha value is -2.05. The molecular formula is C18H24N4O2. The Kier molecular flexibility index (Phi) is 4.27. The molecule has 1 N–H and O–H groups in total. The first-order valence-corrected chi connectivity index (χ1v) is 8.19. The molecule has 6 nitrogen and oxygen atoms in total. The average molecular weight is 328 g/mol. The lowest BCUT2D eigenvalue weighted by molar-refractivity contribution is -0.124. The van der Waals surface area contributed by atoms with Gasteiger partial charge in [0.2, 0.25) is 0 Å². The van der Waals surface area contributed by atoms with E-state index in [-0.39, 0.29) is 17.5 Å². The van der Waals surface area contributed by atoms with Gasteiger partial charge in [-0.3, -0.25) is 9.78 Å². The number of piperidine rings is 1. The minimum absolute atomic E-state index is 0.203. The smallest absolute Gasteiger partial charge is 0.269 e. The molecule has 1 saturated heterocycles. The fourth-order valence-corrected chi connectivity index (χ4v) is 3.42. The van der Waals surface area contributed by atoms with Crippen molar-refractivity contribution in [2.75, 3.05) is 20.1 Å². The summed E-state index contributed by atoms with van der Waals surface area (Å²) in [6.07, 6.45) is 7.07. The predicted octanol–water partition coefficient (Wildman–Crippen LogP) is 1.40. The molecule has 3 rings (SSSR count). The summed E-state index contributed by atoms with van der Waals surface area (Å²) in [6.45, 7) is 5.98. The molecule has 0 radical (unpaired) electrons. The first-order chi connectivity index (χ1) is 11.3. The van der Waals surface area contributed by atoms with Gasteiger partial charge in [0.1, 0.15) is 0 Å². The van der Waals surface area contributed by atoms with Crippen molar-refractivity contribution in [3.8, 4) is 11.3 Å². The van der Waals surface area contributed by atoms with Crippen LogP contribution in [0.5, 0.6) is 0 Å². The SMILES string of the molecule is CN1CCC(O)(Cn2cc(-c3cccnc3)ncc2=O)C(C)(C)C1. The van der Waals surface area contributed by atoms with Gasteiger partial charge in [-0.25, -0.2) is 4.98 Å². The minimum Gasteiger partial charge on any atom is -0.387 e. The number of hydrogen-bond donors (Lipinski definition) is 1. The molecule has 0 saturated carbocycles. The summed E-state index contributed by atoms with van der Waals surface area (Å²) < 4.78 is 1.57. The van der Waals surface area contributed by atoms with E-state index in [1.54, 1.807) is 23.2 Å². The fraction of sp³-hybridized carbons (Fsp3) is 0.500. The third-order valence-corrected chi connectivity index (χ3v) is 5.10. The number of aliphatic hydroxyl groups is 1. The molecule has 1 aliphatic heterocycles. The van der Waals surface area contributed by atoms with Gasteiger partial charge in [0.25, 0.3) is 5.56 Å². The first kappa shape index (κ1) is 16.8. The van der Waals surface area contributed by atoms with E-state index in [9.17, 15) is 9.90 Å². The van der Waals surface area contributed by atoms with Crippen LogP contribution in [0.1, 0.15) is 20.3 Å². The number of likely N-dealkylation sites (tertiary alicyclic amines) is 1. The molecule has 2 aromatic heterocycles. The van der Waals surface area contributed by atoms with E-state index in [0.29, 0.717) is 12.1 Å². The van der Waals surface area contributed by atoms with Crippen LogP contribution in [-0.2, 0) is 6.54 Å². The molecule has 1 fully saturated rings. The highest BCUT2D eigenvalue weighted by atomic mass is 16.3. The zero-order valence-electron chi connectivity index (χ0n) is 14.4. The van der Waals surface area contributed by atoms with Gasteiger partial charge in [-0.2, -0.15) is 0 Å². The van der Waals surface area contributed by atoms with Crippen molar-refractivity contribution < 1.29 is 5.11 Å². The van der Waals surface area contributed by atoms with E-state index >= 15 is 0 Å². The number of rotatable bonds is 3. The maximum atomic E-state index is 12.3. The van der Waals surface area contributed by atoms with Gasteiger partial charge in [-0.15, -0.1) is 0 Å². The third kappa shape index (κ3) is 3.12. The number of aromatic nitrogens is 3. The van der Waals surface area contributed by atoms with Gasteiger partial charge in [0, 0.05) is 42.7 Å². The standard InChI is InChI=1S/C18H24N4O2/c1-17(2)12-21(3)8-6-18(17,24)13-22-11-15(20-10-16(22)23)14-5-4-7-19-9-14/h4-5,7,9-11,24H,6,8,12-13H2,1-3H3. The second-order valence-corrected chi connectivity index (χ2v) is 7.38. The summed E-state index contributed by atoms with van der Waals surface area (Å²) >= 11 is 0. The second-order valence-electron chi connectivity index (χ2n) is 7.38. The topological polar surface area (TPSA) is 71.2 Å². The molecule has 3 heterocycles. The van der Waals surface area contributed by atoms with Crippen LogP contribution in [0.3, 0.4) is 0 Å². The normalized spacial score (nSPS) is 24.0. The van der Waals surface area contributed by atoms with E-state index in [2.05, 4.69) is 35.8 Å². The van der Waals surface area contributed by atoms with E-state index < -0.39 is 5.60 Å². The van der Waals surface area contributed by atoms with Gasteiger partial charge in [-0.1, -0.05) is 13.8 Å². The summed E-state index contributed by atoms with van der Waals surface area (Å²) in [5, 5.41) is 11.2. The third-order valence-electron chi connectivity index (χ3n) is 5.10. The molecule has 1 unspecified atom stereocenters. The van der Waals surface area contributed by atoms with Gasteiger partial charge in [0.05, 0.1) is 24.0 Å². The van der Waals surface area contributed by atoms with Crippen LogP contribution in [0.2, 0.25) is 0 Å². The lowest BCUT2D eigenvalue weighted by atomic mass is 9.70. The summed E-state index contributed by atoms with van der Waals surface area (Å²) in [5.74, 6) is 0. The molecule has 0 amide bonds. The highest BCUT2D eigenvalue weighted by molar-refractivity contribution is 5.55. The molecule has 6 heteroatoms. The molecular weight excluding hydrogens is 304 g/mol. The Morgan fingerprint density at radius 3 is 2.79 bits per heavy atom. The van der Waals surface area contributed by atoms with E-state index in [0.717, 1.165) is 18.7 Å². The average Bonchev–Trinajstić information content (AvgIpc) is 2.54. The molecule has 1 atom stereocenters. The lowest BCUT2D eigenvalue weighted by Gasteiger charge is -2.49. The van der Waals surface area contributed by atoms with Crippen LogP contribution >= 0.6 is 0 Å². The monoisotopic (exact) mass is 328 g/mol. The minimum atomic E-state index is -0.934. The Labute approximate surface area is 141 Å². The number of hydrogen-bond acceptors (Lipinski definition) is 5. The highest BCUT2D eigenvalue weighted by Gasteiger charge is 2.47. The fourth-order valence-electron chi connectivity index (χ4n) is 3.42. The number of pyridine rings is 1. The molecule has 0 aromatic carbocycles. The maximum Gasteiger partial charge on any atom is 0.269 e. The summed E-state index contributed by atoms with van der Waals surface area (Å²) in [4.78, 5) is 22.8. The highest BCUT2D eigenvalue weighted by Crippen LogP contribution is 2.39. The Balaban J connectivity index is 1.94. The molecule has 0 bridgehead atoms. The quantitative estimate of drug-likeness (QED) is 0.922. The van der Waals surface area contributed by atoms with Crippen LogP contribution in [-0.4, -0.2) is 50.3 Å². The molecule has 0 aliphatic carbocycles. The summed E-state index contributed by atoms with van der Waals surface area (Å²) in [6, 6.07) is 3.73. The van der Waals surface area contributed by atoms with Crippen LogP contribution in [0.4, 0.5) is 0 Å². The van der Waals surface area contributed by atoms with Crippen LogP contribution in [0, 0.1) is 5.41 Å². The van der Waals surface area contributed by atoms with Crippen molar-refractivity contribution >= 4 is 0 Å². The Morgan fingerprint density at radius 2 is 2.12 bits per heavy atom. The van der Waals surface area contributed by atoms with Crippen LogP contribution < -0.4 is 5.56 Å². The molecule has 128 valence electrons. The van der Waals surface area contributed by atoms with Crippen molar-refractivity contribution in [1.29, 1.82) is 0 Å². The summed E-state index contributed by atoms with van der Waals surface area (Å²) in [7, 11) is 2.06. The van der Waals surface area contributed by atoms with E-state index in [1.807, 2.05) is 12.1 Å². The number of nitrogens with zero attached hydrogens (tertiary/aromatic N) is 4. The Bertz CT molecular complexity index is 772. The van der Waals surface area contributed by atoms with Crippen molar-refractivity contribution in [2.24, 2.45) is 5.41 Å². The lowest BCUT2D eigenvalue weighted by Crippen LogP contribution is -2.59. The van der Waals surface area contributed by atoms with Gasteiger partial charge < -0.3 is 14.6 Å². The molecule has 1 aliphatic rings.